The quantitative estimate of drug-likeness (QED) is 0.197. The maximum Gasteiger partial charge on any atom is 0.119 e. The molecule has 1 aromatic carbocycles. The Hall–Kier alpha value is -2.17. The fourth-order valence-electron chi connectivity index (χ4n) is 3.57. The van der Waals surface area contributed by atoms with Crippen molar-refractivity contribution in [2.75, 3.05) is 13.1 Å². The van der Waals surface area contributed by atoms with E-state index in [1.165, 1.54) is 22.3 Å². The molecule has 0 bridgehead atoms. The summed E-state index contributed by atoms with van der Waals surface area (Å²) in [5.41, 5.74) is 13.0. The molecule has 4 heteroatoms. The summed E-state index contributed by atoms with van der Waals surface area (Å²) in [6.07, 6.45) is 11.6. The van der Waals surface area contributed by atoms with Crippen molar-refractivity contribution in [3.63, 3.8) is 0 Å². The first-order valence-corrected chi connectivity index (χ1v) is 13.0. The maximum absolute atomic E-state index is 6.15. The van der Waals surface area contributed by atoms with E-state index >= 15 is 0 Å². The van der Waals surface area contributed by atoms with Crippen molar-refractivity contribution in [3.8, 4) is 5.75 Å². The Morgan fingerprint density at radius 2 is 1.76 bits per heavy atom. The predicted octanol–water partition coefficient (Wildman–Crippen LogP) is 7.98. The number of nitrogens with two attached hydrogens (primary N) is 1. The molecule has 0 saturated carbocycles. The number of nitrogens with zero attached hydrogens (tertiary/aromatic N) is 1. The monoisotopic (exact) mass is 482 g/mol. The van der Waals surface area contributed by atoms with Crippen molar-refractivity contribution < 1.29 is 4.74 Å². The van der Waals surface area contributed by atoms with Gasteiger partial charge in [-0.3, -0.25) is 0 Å². The topological polar surface area (TPSA) is 38.5 Å². The summed E-state index contributed by atoms with van der Waals surface area (Å²) in [7, 11) is 0. The first-order chi connectivity index (χ1) is 16.2. The van der Waals surface area contributed by atoms with Gasteiger partial charge in [0.05, 0.1) is 6.10 Å². The van der Waals surface area contributed by atoms with Gasteiger partial charge >= 0.3 is 0 Å². The van der Waals surface area contributed by atoms with Crippen LogP contribution in [0.15, 0.2) is 82.6 Å². The van der Waals surface area contributed by atoms with Crippen molar-refractivity contribution in [1.82, 2.24) is 4.90 Å². The van der Waals surface area contributed by atoms with Crippen molar-refractivity contribution in [3.05, 3.63) is 88.2 Å². The van der Waals surface area contributed by atoms with Gasteiger partial charge < -0.3 is 15.4 Å². The first kappa shape index (κ1) is 29.9. The third-order valence-corrected chi connectivity index (χ3v) is 6.23. The van der Waals surface area contributed by atoms with E-state index in [1.807, 2.05) is 6.08 Å². The normalized spacial score (nSPS) is 14.2. The minimum absolute atomic E-state index is 0.195. The lowest BCUT2D eigenvalue weighted by Crippen LogP contribution is -2.21. The van der Waals surface area contributed by atoms with Crippen LogP contribution in [0.25, 0.3) is 0 Å². The molecule has 34 heavy (non-hydrogen) atoms. The molecular formula is C30H46N2OS. The Kier molecular flexibility index (Phi) is 14.5. The van der Waals surface area contributed by atoms with E-state index in [0.717, 1.165) is 55.7 Å². The van der Waals surface area contributed by atoms with Gasteiger partial charge in [0.25, 0.3) is 0 Å². The average Bonchev–Trinajstić information content (AvgIpc) is 2.82. The van der Waals surface area contributed by atoms with Crippen LogP contribution in [-0.4, -0.2) is 24.1 Å². The Balaban J connectivity index is 2.95. The van der Waals surface area contributed by atoms with Crippen LogP contribution in [0.3, 0.4) is 0 Å². The fraction of sp³-hybridized carbons (Fsp3) is 0.467. The molecule has 0 heterocycles. The van der Waals surface area contributed by atoms with Crippen LogP contribution in [0.5, 0.6) is 5.75 Å². The number of benzene rings is 1. The zero-order valence-corrected chi connectivity index (χ0v) is 23.1. The minimum atomic E-state index is 0.195. The second kappa shape index (κ2) is 16.5. The van der Waals surface area contributed by atoms with E-state index < -0.39 is 0 Å². The number of allylic oxidation sites excluding steroid dienone is 6. The molecule has 0 spiro atoms. The summed E-state index contributed by atoms with van der Waals surface area (Å²) in [4.78, 5) is 2.28. The highest BCUT2D eigenvalue weighted by Gasteiger charge is 2.11. The maximum atomic E-state index is 6.15. The SMILES string of the molecule is C=C(/C(C)=C/C(C)=C(C)/C=C\S)N(/C=C(\C)CC)CCc1ccc(OC(CCC)CCN)cc1. The third-order valence-electron chi connectivity index (χ3n) is 6.08. The highest BCUT2D eigenvalue weighted by Crippen LogP contribution is 2.21. The van der Waals surface area contributed by atoms with Gasteiger partial charge in [0.2, 0.25) is 0 Å². The molecular weight excluding hydrogens is 436 g/mol. The van der Waals surface area contributed by atoms with Crippen LogP contribution in [0.4, 0.5) is 0 Å². The van der Waals surface area contributed by atoms with Crippen molar-refractivity contribution in [1.29, 1.82) is 0 Å². The molecule has 0 fully saturated rings. The van der Waals surface area contributed by atoms with Gasteiger partial charge in [0, 0.05) is 18.4 Å². The summed E-state index contributed by atoms with van der Waals surface area (Å²) >= 11 is 4.19. The average molecular weight is 483 g/mol. The third kappa shape index (κ3) is 10.8. The lowest BCUT2D eigenvalue weighted by molar-refractivity contribution is 0.182. The first-order valence-electron chi connectivity index (χ1n) is 12.5. The van der Waals surface area contributed by atoms with Gasteiger partial charge in [0.15, 0.2) is 0 Å². The molecule has 1 atom stereocenters. The predicted molar refractivity (Wildman–Crippen MR) is 153 cm³/mol. The molecule has 0 amide bonds. The molecule has 0 aliphatic heterocycles. The van der Waals surface area contributed by atoms with E-state index in [9.17, 15) is 0 Å². The van der Waals surface area contributed by atoms with Gasteiger partial charge in [-0.05, 0) is 99.7 Å². The summed E-state index contributed by atoms with van der Waals surface area (Å²) < 4.78 is 6.15. The Morgan fingerprint density at radius 3 is 2.32 bits per heavy atom. The van der Waals surface area contributed by atoms with E-state index in [4.69, 9.17) is 10.5 Å². The second-order valence-corrected chi connectivity index (χ2v) is 9.28. The van der Waals surface area contributed by atoms with Crippen LogP contribution in [0.1, 0.15) is 72.8 Å². The molecule has 0 saturated heterocycles. The second-order valence-electron chi connectivity index (χ2n) is 8.98. The minimum Gasteiger partial charge on any atom is -0.490 e. The van der Waals surface area contributed by atoms with Gasteiger partial charge in [-0.15, -0.1) is 0 Å². The highest BCUT2D eigenvalue weighted by atomic mass is 32.1. The number of hydrogen-bond donors (Lipinski definition) is 2. The zero-order chi connectivity index (χ0) is 25.5. The van der Waals surface area contributed by atoms with E-state index in [-0.39, 0.29) is 6.10 Å². The molecule has 0 aliphatic carbocycles. The molecule has 2 N–H and O–H groups in total. The molecule has 1 aromatic rings. The van der Waals surface area contributed by atoms with E-state index in [0.29, 0.717) is 6.54 Å². The Bertz CT molecular complexity index is 872. The van der Waals surface area contributed by atoms with Crippen molar-refractivity contribution >= 4 is 12.6 Å². The van der Waals surface area contributed by atoms with E-state index in [1.54, 1.807) is 5.41 Å². The lowest BCUT2D eigenvalue weighted by Gasteiger charge is -2.25. The molecule has 0 aliphatic rings. The van der Waals surface area contributed by atoms with Crippen LogP contribution in [-0.2, 0) is 6.42 Å². The Morgan fingerprint density at radius 1 is 1.09 bits per heavy atom. The highest BCUT2D eigenvalue weighted by molar-refractivity contribution is 7.83. The summed E-state index contributed by atoms with van der Waals surface area (Å²) in [6, 6.07) is 8.50. The molecule has 1 unspecified atom stereocenters. The molecule has 0 radical (unpaired) electrons. The summed E-state index contributed by atoms with van der Waals surface area (Å²) in [5, 5.41) is 1.77. The van der Waals surface area contributed by atoms with Gasteiger partial charge in [-0.25, -0.2) is 0 Å². The van der Waals surface area contributed by atoms with Crippen LogP contribution >= 0.6 is 12.6 Å². The standard InChI is InChI=1S/C30H46N2OS/c1-8-10-29(15-18-31)33-30-13-11-28(12-14-30)16-19-32(22-23(3)9-2)27(7)26(6)21-25(5)24(4)17-20-34/h11-14,17,20-22,29,34H,7-10,15-16,18-19,31H2,1-6H3/b20-17-,23-22+,25-24+,26-21+. The number of hydrogen-bond acceptors (Lipinski definition) is 4. The van der Waals surface area contributed by atoms with Crippen molar-refractivity contribution in [2.45, 2.75) is 79.8 Å². The van der Waals surface area contributed by atoms with Gasteiger partial charge in [0.1, 0.15) is 5.75 Å². The molecule has 3 nitrogen and oxygen atoms in total. The number of rotatable bonds is 15. The molecule has 1 rings (SSSR count). The van der Waals surface area contributed by atoms with Crippen LogP contribution < -0.4 is 10.5 Å². The molecule has 0 aromatic heterocycles. The zero-order valence-electron chi connectivity index (χ0n) is 22.2. The fourth-order valence-corrected chi connectivity index (χ4v) is 3.80. The van der Waals surface area contributed by atoms with Crippen LogP contribution in [0.2, 0.25) is 0 Å². The largest absolute Gasteiger partial charge is 0.490 e. The van der Waals surface area contributed by atoms with Gasteiger partial charge in [-0.2, -0.15) is 12.6 Å². The molecule has 188 valence electrons. The number of ether oxygens (including phenoxy) is 1. The summed E-state index contributed by atoms with van der Waals surface area (Å²) in [6.45, 7) is 18.8. The Labute approximate surface area is 214 Å². The smallest absolute Gasteiger partial charge is 0.119 e. The van der Waals surface area contributed by atoms with E-state index in [2.05, 4.69) is 102 Å². The number of thiol groups is 1. The van der Waals surface area contributed by atoms with Crippen LogP contribution in [0, 0.1) is 0 Å². The van der Waals surface area contributed by atoms with Gasteiger partial charge in [-0.1, -0.05) is 56.7 Å². The lowest BCUT2D eigenvalue weighted by atomic mass is 10.1. The summed E-state index contributed by atoms with van der Waals surface area (Å²) in [5.74, 6) is 0.922. The van der Waals surface area contributed by atoms with Crippen molar-refractivity contribution in [2.24, 2.45) is 5.73 Å².